The Labute approximate surface area is 96.4 Å². The molecule has 0 spiro atoms. The quantitative estimate of drug-likeness (QED) is 0.898. The third-order valence-electron chi connectivity index (χ3n) is 2.82. The van der Waals surface area contributed by atoms with E-state index in [4.69, 9.17) is 5.11 Å². The van der Waals surface area contributed by atoms with Gasteiger partial charge in [-0.25, -0.2) is 4.98 Å². The number of hydrogen-bond donors (Lipinski definition) is 1. The lowest BCUT2D eigenvalue weighted by molar-refractivity contribution is -0.138. The van der Waals surface area contributed by atoms with E-state index in [1.54, 1.807) is 6.92 Å². The number of rotatable bonds is 2. The van der Waals surface area contributed by atoms with Crippen LogP contribution >= 0.6 is 15.9 Å². The molecule has 82 valence electrons. The normalized spacial score (nSPS) is 17.2. The van der Waals surface area contributed by atoms with E-state index in [-0.39, 0.29) is 0 Å². The van der Waals surface area contributed by atoms with Crippen molar-refractivity contribution in [3.8, 4) is 0 Å². The molecular formula is C10H13BrN2O2. The van der Waals surface area contributed by atoms with Crippen LogP contribution < -0.4 is 0 Å². The Morgan fingerprint density at radius 2 is 2.33 bits per heavy atom. The highest BCUT2D eigenvalue weighted by Crippen LogP contribution is 2.29. The topological polar surface area (TPSA) is 55.1 Å². The second-order valence-electron chi connectivity index (χ2n) is 3.87. The molecule has 15 heavy (non-hydrogen) atoms. The van der Waals surface area contributed by atoms with Crippen LogP contribution in [0.5, 0.6) is 0 Å². The summed E-state index contributed by atoms with van der Waals surface area (Å²) in [5, 5.41) is 8.95. The first-order valence-corrected chi connectivity index (χ1v) is 5.88. The van der Waals surface area contributed by atoms with E-state index >= 15 is 0 Å². The zero-order valence-electron chi connectivity index (χ0n) is 8.53. The van der Waals surface area contributed by atoms with Crippen molar-refractivity contribution < 1.29 is 9.90 Å². The van der Waals surface area contributed by atoms with Crippen molar-refractivity contribution in [3.63, 3.8) is 0 Å². The summed E-state index contributed by atoms with van der Waals surface area (Å²) in [6, 6.07) is 0. The average Bonchev–Trinajstić information content (AvgIpc) is 2.56. The molecule has 0 aliphatic carbocycles. The van der Waals surface area contributed by atoms with Gasteiger partial charge in [0, 0.05) is 13.0 Å². The largest absolute Gasteiger partial charge is 0.481 e. The fourth-order valence-electron chi connectivity index (χ4n) is 1.86. The zero-order chi connectivity index (χ0) is 11.0. The lowest BCUT2D eigenvalue weighted by Crippen LogP contribution is -2.10. The van der Waals surface area contributed by atoms with E-state index in [0.29, 0.717) is 5.69 Å². The summed E-state index contributed by atoms with van der Waals surface area (Å²) in [4.78, 5) is 15.3. The molecule has 1 aliphatic rings. The van der Waals surface area contributed by atoms with Gasteiger partial charge in [0.1, 0.15) is 10.4 Å². The van der Waals surface area contributed by atoms with Gasteiger partial charge < -0.3 is 9.67 Å². The highest BCUT2D eigenvalue weighted by molar-refractivity contribution is 9.10. The Kier molecular flexibility index (Phi) is 2.82. The molecule has 2 heterocycles. The number of aryl methyl sites for hydroxylation is 1. The first-order valence-electron chi connectivity index (χ1n) is 5.09. The maximum Gasteiger partial charge on any atom is 0.312 e. The molecule has 0 amide bonds. The Hall–Kier alpha value is -0.840. The number of nitrogens with zero attached hydrogens (tertiary/aromatic N) is 2. The number of imidazole rings is 1. The molecule has 1 aromatic heterocycles. The maximum absolute atomic E-state index is 10.9. The number of hydrogen-bond acceptors (Lipinski definition) is 2. The molecule has 2 rings (SSSR count). The monoisotopic (exact) mass is 272 g/mol. The van der Waals surface area contributed by atoms with Gasteiger partial charge >= 0.3 is 5.97 Å². The van der Waals surface area contributed by atoms with E-state index in [1.807, 2.05) is 0 Å². The highest BCUT2D eigenvalue weighted by atomic mass is 79.9. The molecule has 0 bridgehead atoms. The molecule has 5 heteroatoms. The van der Waals surface area contributed by atoms with Crippen molar-refractivity contribution >= 4 is 21.9 Å². The highest BCUT2D eigenvalue weighted by Gasteiger charge is 2.25. The second-order valence-corrected chi connectivity index (χ2v) is 4.62. The minimum absolute atomic E-state index is 0.544. The van der Waals surface area contributed by atoms with E-state index < -0.39 is 11.9 Å². The van der Waals surface area contributed by atoms with Crippen molar-refractivity contribution in [1.29, 1.82) is 0 Å². The minimum Gasteiger partial charge on any atom is -0.481 e. The van der Waals surface area contributed by atoms with Gasteiger partial charge in [0.15, 0.2) is 0 Å². The SMILES string of the molecule is CC(C(=O)O)c1nc2n(c1Br)CCCC2. The molecule has 0 aromatic carbocycles. The van der Waals surface area contributed by atoms with Crippen molar-refractivity contribution in [3.05, 3.63) is 16.1 Å². The summed E-state index contributed by atoms with van der Waals surface area (Å²) in [6.45, 7) is 2.61. The van der Waals surface area contributed by atoms with Gasteiger partial charge in [-0.15, -0.1) is 0 Å². The zero-order valence-corrected chi connectivity index (χ0v) is 10.1. The van der Waals surface area contributed by atoms with Gasteiger partial charge in [-0.2, -0.15) is 0 Å². The average molecular weight is 273 g/mol. The Morgan fingerprint density at radius 1 is 1.60 bits per heavy atom. The van der Waals surface area contributed by atoms with Gasteiger partial charge in [-0.1, -0.05) is 0 Å². The number of aromatic nitrogens is 2. The fraction of sp³-hybridized carbons (Fsp3) is 0.600. The molecule has 0 radical (unpaired) electrons. The van der Waals surface area contributed by atoms with E-state index in [1.165, 1.54) is 0 Å². The molecule has 1 unspecified atom stereocenters. The van der Waals surface area contributed by atoms with Crippen LogP contribution in [0.2, 0.25) is 0 Å². The molecule has 1 aliphatic heterocycles. The summed E-state index contributed by atoms with van der Waals surface area (Å²) in [6.07, 6.45) is 3.23. The summed E-state index contributed by atoms with van der Waals surface area (Å²) in [5.74, 6) is -0.361. The predicted octanol–water partition coefficient (Wildman–Crippen LogP) is 2.17. The molecule has 4 nitrogen and oxygen atoms in total. The van der Waals surface area contributed by atoms with Crippen LogP contribution in [0.25, 0.3) is 0 Å². The lowest BCUT2D eigenvalue weighted by Gasteiger charge is -2.13. The van der Waals surface area contributed by atoms with E-state index in [2.05, 4.69) is 25.5 Å². The number of carboxylic acids is 1. The standard InChI is InChI=1S/C10H13BrN2O2/c1-6(10(14)15)8-9(11)13-5-3-2-4-7(13)12-8/h6H,2-5H2,1H3,(H,14,15). The molecular weight excluding hydrogens is 260 g/mol. The number of halogens is 1. The molecule has 1 aromatic rings. The van der Waals surface area contributed by atoms with Gasteiger partial charge in [0.05, 0.1) is 11.6 Å². The molecule has 0 fully saturated rings. The first kappa shape index (κ1) is 10.7. The van der Waals surface area contributed by atoms with Crippen LogP contribution in [0.4, 0.5) is 0 Å². The lowest BCUT2D eigenvalue weighted by atomic mass is 10.1. The minimum atomic E-state index is -0.828. The number of fused-ring (bicyclic) bond motifs is 1. The van der Waals surface area contributed by atoms with Crippen LogP contribution in [-0.4, -0.2) is 20.6 Å². The summed E-state index contributed by atoms with van der Waals surface area (Å²) in [7, 11) is 0. The summed E-state index contributed by atoms with van der Waals surface area (Å²) in [5.41, 5.74) is 0.652. The Bertz CT molecular complexity index is 400. The number of carboxylic acid groups (broad SMARTS) is 1. The molecule has 1 N–H and O–H groups in total. The third-order valence-corrected chi connectivity index (χ3v) is 3.66. The Balaban J connectivity index is 2.41. The summed E-state index contributed by atoms with van der Waals surface area (Å²) < 4.78 is 2.92. The first-order chi connectivity index (χ1) is 7.11. The second kappa shape index (κ2) is 3.96. The van der Waals surface area contributed by atoms with Crippen LogP contribution in [-0.2, 0) is 17.8 Å². The molecule has 1 atom stereocenters. The molecule has 0 saturated heterocycles. The predicted molar refractivity (Wildman–Crippen MR) is 58.9 cm³/mol. The van der Waals surface area contributed by atoms with Gasteiger partial charge in [0.2, 0.25) is 0 Å². The van der Waals surface area contributed by atoms with Crippen molar-refractivity contribution in [1.82, 2.24) is 9.55 Å². The van der Waals surface area contributed by atoms with Gasteiger partial charge in [-0.3, -0.25) is 4.79 Å². The van der Waals surface area contributed by atoms with E-state index in [0.717, 1.165) is 36.2 Å². The number of aliphatic carboxylic acids is 1. The van der Waals surface area contributed by atoms with Gasteiger partial charge in [-0.05, 0) is 35.7 Å². The van der Waals surface area contributed by atoms with E-state index in [9.17, 15) is 4.79 Å². The maximum atomic E-state index is 10.9. The van der Waals surface area contributed by atoms with Crippen LogP contribution in [0.3, 0.4) is 0 Å². The smallest absolute Gasteiger partial charge is 0.312 e. The van der Waals surface area contributed by atoms with Crippen molar-refractivity contribution in [2.45, 2.75) is 38.6 Å². The third kappa shape index (κ3) is 1.80. The number of carbonyl (C=O) groups is 1. The van der Waals surface area contributed by atoms with Gasteiger partial charge in [0.25, 0.3) is 0 Å². The van der Waals surface area contributed by atoms with Crippen LogP contribution in [0.1, 0.15) is 37.2 Å². The molecule has 0 saturated carbocycles. The fourth-order valence-corrected chi connectivity index (χ4v) is 2.67. The van der Waals surface area contributed by atoms with Crippen molar-refractivity contribution in [2.75, 3.05) is 0 Å². The summed E-state index contributed by atoms with van der Waals surface area (Å²) >= 11 is 3.44. The van der Waals surface area contributed by atoms with Crippen molar-refractivity contribution in [2.24, 2.45) is 0 Å². The van der Waals surface area contributed by atoms with Crippen LogP contribution in [0.15, 0.2) is 4.60 Å². The Morgan fingerprint density at radius 3 is 2.93 bits per heavy atom. The van der Waals surface area contributed by atoms with Crippen LogP contribution in [0, 0.1) is 0 Å².